The van der Waals surface area contributed by atoms with E-state index < -0.39 is 52.0 Å². The molecule has 18 heteroatoms. The molecule has 310 valence electrons. The van der Waals surface area contributed by atoms with E-state index in [-0.39, 0.29) is 70.0 Å². The first-order valence-corrected chi connectivity index (χ1v) is 20.7. The van der Waals surface area contributed by atoms with Crippen molar-refractivity contribution in [1.82, 2.24) is 0 Å². The highest BCUT2D eigenvalue weighted by molar-refractivity contribution is 7.92. The zero-order chi connectivity index (χ0) is 41.9. The molecule has 5 rings (SSSR count). The summed E-state index contributed by atoms with van der Waals surface area (Å²) in [5.41, 5.74) is -2.59. The minimum absolute atomic E-state index is 0.00860. The van der Waals surface area contributed by atoms with Crippen LogP contribution in [-0.4, -0.2) is 63.7 Å². The number of nitrogens with one attached hydrogen (secondary N) is 1. The van der Waals surface area contributed by atoms with Crippen LogP contribution < -0.4 is 23.5 Å². The third-order valence-corrected chi connectivity index (χ3v) is 10.4. The van der Waals surface area contributed by atoms with E-state index in [1.165, 1.54) is 62.6 Å². The van der Waals surface area contributed by atoms with Crippen LogP contribution in [0.2, 0.25) is 10.0 Å². The summed E-state index contributed by atoms with van der Waals surface area (Å²) in [5.74, 6) is -1.84. The topological polar surface area (TPSA) is 158 Å². The van der Waals surface area contributed by atoms with Crippen LogP contribution in [0, 0.1) is 11.8 Å². The number of hydrogen-bond donors (Lipinski definition) is 0. The molecule has 3 aromatic rings. The van der Waals surface area contributed by atoms with E-state index in [0.717, 1.165) is 31.9 Å². The van der Waals surface area contributed by atoms with Crippen LogP contribution in [0.1, 0.15) is 87.9 Å². The van der Waals surface area contributed by atoms with Gasteiger partial charge in [-0.15, -0.1) is 0 Å². The number of esters is 2. The number of aromatic nitrogens is 1. The van der Waals surface area contributed by atoms with Gasteiger partial charge in [0.25, 0.3) is 0 Å². The second-order valence-electron chi connectivity index (χ2n) is 15.4. The number of anilines is 1. The second-order valence-corrected chi connectivity index (χ2v) is 18.1. The maximum absolute atomic E-state index is 13.9. The quantitative estimate of drug-likeness (QED) is 0.0953. The molecule has 0 saturated heterocycles. The Hall–Kier alpha value is -4.41. The summed E-state index contributed by atoms with van der Waals surface area (Å²) >= 11 is 12.9. The van der Waals surface area contributed by atoms with E-state index in [1.54, 1.807) is 20.8 Å². The van der Waals surface area contributed by atoms with Crippen molar-refractivity contribution in [2.45, 2.75) is 90.6 Å². The molecule has 1 amide bonds. The van der Waals surface area contributed by atoms with E-state index in [1.807, 2.05) is 0 Å². The zero-order valence-electron chi connectivity index (χ0n) is 32.2. The van der Waals surface area contributed by atoms with E-state index in [4.69, 9.17) is 46.9 Å². The molecule has 2 aliphatic rings. The number of rotatable bonds is 17. The number of amides is 1. The number of hydrogen-bond acceptors (Lipinski definition) is 11. The number of carbonyl (C=O) groups is 3. The van der Waals surface area contributed by atoms with Crippen LogP contribution in [0.25, 0.3) is 0 Å². The van der Waals surface area contributed by atoms with Gasteiger partial charge in [-0.05, 0) is 108 Å². The summed E-state index contributed by atoms with van der Waals surface area (Å²) in [5, 5.41) is 0.447. The number of ether oxygens (including phenoxy) is 6. The standard InChI is InChI=1S/C39H44Cl2F2N2O11S/c1-38(2,3)56-37(48)45(57(6,49)50)29-13-11-25(16-32(29)51-20-22-7-8-22)34(46)55-39(4,5)35(47)53-31(17-26-27(40)18-44-19-28(26)41)24-12-14-30(54-36(42)43)33(15-24)52-21-23-9-10-23/h11-16,18-19,22-23,31,36H,7-10,17,20-21H2,1-6H3/p+1/t31-/m0/s1. The van der Waals surface area contributed by atoms with Crippen molar-refractivity contribution in [3.63, 3.8) is 0 Å². The van der Waals surface area contributed by atoms with Crippen LogP contribution in [0.5, 0.6) is 17.2 Å². The van der Waals surface area contributed by atoms with Crippen LogP contribution in [-0.2, 0) is 35.4 Å². The minimum atomic E-state index is -4.25. The number of benzene rings is 2. The molecule has 1 N–H and O–H groups in total. The lowest BCUT2D eigenvalue weighted by molar-refractivity contribution is -0.377. The van der Waals surface area contributed by atoms with Crippen molar-refractivity contribution in [1.29, 1.82) is 0 Å². The fourth-order valence-corrected chi connectivity index (χ4v) is 6.69. The lowest BCUT2D eigenvalue weighted by atomic mass is 10.0. The highest BCUT2D eigenvalue weighted by Crippen LogP contribution is 2.39. The predicted molar refractivity (Wildman–Crippen MR) is 205 cm³/mol. The van der Waals surface area contributed by atoms with Crippen molar-refractivity contribution in [2.75, 3.05) is 23.8 Å². The van der Waals surface area contributed by atoms with Gasteiger partial charge in [-0.1, -0.05) is 29.3 Å². The largest absolute Gasteiger partial charge is 0.491 e. The number of pyridine rings is 1. The summed E-state index contributed by atoms with van der Waals surface area (Å²) in [6, 6.07) is 7.78. The fraction of sp³-hybridized carbons (Fsp3) is 0.487. The average Bonchev–Trinajstić information content (AvgIpc) is 4.03. The molecule has 1 heterocycles. The number of carbonyl (C=O) groups excluding carboxylic acids is 3. The molecular formula is C39H45Cl2F2N2O11S+. The van der Waals surface area contributed by atoms with Crippen LogP contribution in [0.15, 0.2) is 48.8 Å². The number of sulfonamides is 1. The summed E-state index contributed by atoms with van der Waals surface area (Å²) in [6.45, 7) is 4.68. The van der Waals surface area contributed by atoms with E-state index in [9.17, 15) is 31.6 Å². The van der Waals surface area contributed by atoms with Gasteiger partial charge in [-0.2, -0.15) is 13.1 Å². The molecule has 0 bridgehead atoms. The number of halogens is 4. The van der Waals surface area contributed by atoms with Crippen LogP contribution in [0.4, 0.5) is 19.3 Å². The fourth-order valence-electron chi connectivity index (χ4n) is 5.34. The maximum Gasteiger partial charge on any atom is 0.429 e. The Balaban J connectivity index is 1.43. The number of nitrogens with zero attached hydrogens (tertiary/aromatic N) is 1. The lowest BCUT2D eigenvalue weighted by Crippen LogP contribution is -2.41. The molecule has 1 aromatic heterocycles. The highest BCUT2D eigenvalue weighted by Gasteiger charge is 2.39. The highest BCUT2D eigenvalue weighted by atomic mass is 35.5. The Morgan fingerprint density at radius 2 is 1.46 bits per heavy atom. The van der Waals surface area contributed by atoms with Gasteiger partial charge in [0.05, 0.1) is 25.0 Å². The minimum Gasteiger partial charge on any atom is -0.491 e. The number of aromatic amines is 1. The first-order chi connectivity index (χ1) is 26.6. The Labute approximate surface area is 339 Å². The van der Waals surface area contributed by atoms with E-state index in [0.29, 0.717) is 15.4 Å². The van der Waals surface area contributed by atoms with E-state index in [2.05, 4.69) is 9.72 Å². The molecule has 0 aliphatic heterocycles. The second kappa shape index (κ2) is 17.6. The normalized spacial score (nSPS) is 15.1. The van der Waals surface area contributed by atoms with Gasteiger partial charge in [-0.25, -0.2) is 27.8 Å². The molecule has 0 unspecified atom stereocenters. The zero-order valence-corrected chi connectivity index (χ0v) is 34.6. The molecule has 13 nitrogen and oxygen atoms in total. The van der Waals surface area contributed by atoms with Crippen LogP contribution in [0.3, 0.4) is 0 Å². The molecule has 2 aromatic carbocycles. The first kappa shape index (κ1) is 43.7. The average molecular weight is 859 g/mol. The van der Waals surface area contributed by atoms with Gasteiger partial charge in [0.1, 0.15) is 33.2 Å². The maximum atomic E-state index is 13.9. The molecular weight excluding hydrogens is 813 g/mol. The first-order valence-electron chi connectivity index (χ1n) is 18.1. The summed E-state index contributed by atoms with van der Waals surface area (Å²) < 4.78 is 86.3. The summed E-state index contributed by atoms with van der Waals surface area (Å²) in [4.78, 5) is 43.5. The Bertz CT molecular complexity index is 2070. The Morgan fingerprint density at radius 3 is 2.00 bits per heavy atom. The SMILES string of the molecule is CC(C)(C)OC(=O)N(c1ccc(C(=O)OC(C)(C)C(=O)O[C@@H](Cc2c(Cl)c[nH+]cc2Cl)c2ccc(OC(F)F)c(OCC3CC3)c2)cc1OCC1CC1)S(C)(=O)=O. The van der Waals surface area contributed by atoms with Gasteiger partial charge in [0.2, 0.25) is 15.6 Å². The van der Waals surface area contributed by atoms with Crippen molar-refractivity contribution < 1.29 is 65.0 Å². The molecule has 57 heavy (non-hydrogen) atoms. The van der Waals surface area contributed by atoms with Gasteiger partial charge >= 0.3 is 24.6 Å². The van der Waals surface area contributed by atoms with Gasteiger partial charge < -0.3 is 28.4 Å². The van der Waals surface area contributed by atoms with Crippen molar-refractivity contribution in [2.24, 2.45) is 11.8 Å². The number of H-pyrrole nitrogens is 1. The van der Waals surface area contributed by atoms with Crippen molar-refractivity contribution >= 4 is 56.9 Å². The molecule has 0 spiro atoms. The molecule has 2 aliphatic carbocycles. The third kappa shape index (κ3) is 12.3. The van der Waals surface area contributed by atoms with Gasteiger partial charge in [0.15, 0.2) is 23.9 Å². The molecule has 2 saturated carbocycles. The smallest absolute Gasteiger partial charge is 0.429 e. The Kier molecular flexibility index (Phi) is 13.5. The van der Waals surface area contributed by atoms with Crippen LogP contribution >= 0.6 is 23.2 Å². The lowest BCUT2D eigenvalue weighted by Gasteiger charge is -2.28. The van der Waals surface area contributed by atoms with Gasteiger partial charge in [0, 0.05) is 12.0 Å². The van der Waals surface area contributed by atoms with Crippen molar-refractivity contribution in [3.8, 4) is 17.2 Å². The summed E-state index contributed by atoms with van der Waals surface area (Å²) in [6.07, 6.45) is 5.02. The van der Waals surface area contributed by atoms with Gasteiger partial charge in [-0.3, -0.25) is 0 Å². The third-order valence-electron chi connectivity index (χ3n) is 8.68. The molecule has 2 fully saturated rings. The molecule has 0 radical (unpaired) electrons. The predicted octanol–water partition coefficient (Wildman–Crippen LogP) is 8.15. The number of alkyl halides is 2. The van der Waals surface area contributed by atoms with E-state index >= 15 is 0 Å². The monoisotopic (exact) mass is 857 g/mol. The molecule has 1 atom stereocenters. The van der Waals surface area contributed by atoms with Crippen molar-refractivity contribution in [3.05, 3.63) is 75.5 Å². The Morgan fingerprint density at radius 1 is 0.860 bits per heavy atom. The summed E-state index contributed by atoms with van der Waals surface area (Å²) in [7, 11) is -4.25.